The molecule has 1 atom stereocenters. The lowest BCUT2D eigenvalue weighted by Crippen LogP contribution is -2.47. The summed E-state index contributed by atoms with van der Waals surface area (Å²) in [6.45, 7) is 7.60. The van der Waals surface area contributed by atoms with Crippen LogP contribution in [-0.2, 0) is 4.79 Å². The Balaban J connectivity index is 2.12. The van der Waals surface area contributed by atoms with Crippen molar-refractivity contribution in [3.05, 3.63) is 18.7 Å². The molecule has 0 saturated carbocycles. The summed E-state index contributed by atoms with van der Waals surface area (Å²) in [5.41, 5.74) is 0.333. The largest absolute Gasteiger partial charge is 0.355 e. The predicted octanol–water partition coefficient (Wildman–Crippen LogP) is 0.839. The van der Waals surface area contributed by atoms with E-state index in [4.69, 9.17) is 0 Å². The fourth-order valence-electron chi connectivity index (χ4n) is 1.61. The third-order valence-electron chi connectivity index (χ3n) is 2.46. The van der Waals surface area contributed by atoms with Crippen LogP contribution in [0.15, 0.2) is 18.7 Å². The van der Waals surface area contributed by atoms with Crippen LogP contribution in [-0.4, -0.2) is 37.1 Å². The van der Waals surface area contributed by atoms with E-state index in [-0.39, 0.29) is 11.4 Å². The molecule has 0 aliphatic heterocycles. The topological polar surface area (TPSA) is 84.2 Å². The Bertz CT molecular complexity index is 585. The number of hydrogen-bond acceptors (Lipinski definition) is 5. The van der Waals surface area contributed by atoms with Gasteiger partial charge in [0, 0.05) is 17.9 Å². The molecule has 102 valence electrons. The summed E-state index contributed by atoms with van der Waals surface area (Å²) < 4.78 is 1.74. The molecule has 2 rings (SSSR count). The van der Waals surface area contributed by atoms with Crippen LogP contribution < -0.4 is 10.6 Å². The van der Waals surface area contributed by atoms with E-state index in [1.807, 2.05) is 20.8 Å². The van der Waals surface area contributed by atoms with Crippen LogP contribution in [0.25, 0.3) is 5.65 Å². The van der Waals surface area contributed by atoms with Gasteiger partial charge in [0.15, 0.2) is 5.82 Å². The first kappa shape index (κ1) is 13.3. The fraction of sp³-hybridized carbons (Fsp3) is 0.500. The van der Waals surface area contributed by atoms with Crippen LogP contribution in [0.3, 0.4) is 0 Å². The van der Waals surface area contributed by atoms with Crippen molar-refractivity contribution in [1.29, 1.82) is 0 Å². The van der Waals surface area contributed by atoms with Gasteiger partial charge in [-0.2, -0.15) is 0 Å². The fourth-order valence-corrected chi connectivity index (χ4v) is 1.61. The first-order valence-electron chi connectivity index (χ1n) is 6.10. The summed E-state index contributed by atoms with van der Waals surface area (Å²) in [7, 11) is 0. The number of hydrogen-bond donors (Lipinski definition) is 2. The van der Waals surface area contributed by atoms with Crippen molar-refractivity contribution < 1.29 is 4.79 Å². The number of aromatic nitrogens is 4. The summed E-state index contributed by atoms with van der Waals surface area (Å²) in [5.74, 6) is 0.451. The number of rotatable bonds is 3. The van der Waals surface area contributed by atoms with Crippen molar-refractivity contribution in [3.8, 4) is 0 Å². The summed E-state index contributed by atoms with van der Waals surface area (Å²) in [6, 6.07) is -0.408. The maximum atomic E-state index is 12.0. The summed E-state index contributed by atoms with van der Waals surface area (Å²) in [6.07, 6.45) is 4.97. The van der Waals surface area contributed by atoms with Gasteiger partial charge in [-0.3, -0.25) is 9.20 Å². The first-order chi connectivity index (χ1) is 8.87. The SMILES string of the molecule is CC(Nc1nccn2cnnc12)C(=O)NC(C)(C)C. The van der Waals surface area contributed by atoms with Crippen molar-refractivity contribution in [1.82, 2.24) is 24.9 Å². The van der Waals surface area contributed by atoms with Crippen LogP contribution >= 0.6 is 0 Å². The van der Waals surface area contributed by atoms with Gasteiger partial charge >= 0.3 is 0 Å². The van der Waals surface area contributed by atoms with Crippen molar-refractivity contribution in [2.45, 2.75) is 39.3 Å². The zero-order chi connectivity index (χ0) is 14.0. The normalized spacial score (nSPS) is 13.3. The van der Waals surface area contributed by atoms with Crippen LogP contribution in [0.1, 0.15) is 27.7 Å². The molecule has 0 radical (unpaired) electrons. The Hall–Kier alpha value is -2.18. The summed E-state index contributed by atoms with van der Waals surface area (Å²) in [4.78, 5) is 16.2. The summed E-state index contributed by atoms with van der Waals surface area (Å²) >= 11 is 0. The second kappa shape index (κ2) is 4.83. The smallest absolute Gasteiger partial charge is 0.242 e. The third-order valence-corrected chi connectivity index (χ3v) is 2.46. The zero-order valence-electron chi connectivity index (χ0n) is 11.5. The quantitative estimate of drug-likeness (QED) is 0.856. The third kappa shape index (κ3) is 3.18. The molecule has 1 amide bonds. The van der Waals surface area contributed by atoms with E-state index in [1.165, 1.54) is 0 Å². The van der Waals surface area contributed by atoms with E-state index in [0.717, 1.165) is 0 Å². The molecule has 0 aromatic carbocycles. The lowest BCUT2D eigenvalue weighted by molar-refractivity contribution is -0.122. The molecular formula is C12H18N6O. The van der Waals surface area contributed by atoms with Crippen molar-refractivity contribution >= 4 is 17.4 Å². The molecule has 2 aromatic rings. The van der Waals surface area contributed by atoms with Gasteiger partial charge in [-0.05, 0) is 27.7 Å². The molecule has 1 unspecified atom stereocenters. The average Bonchev–Trinajstić information content (AvgIpc) is 2.75. The highest BCUT2D eigenvalue weighted by Gasteiger charge is 2.20. The first-order valence-corrected chi connectivity index (χ1v) is 6.10. The molecule has 0 aliphatic carbocycles. The number of carbonyl (C=O) groups excluding carboxylic acids is 1. The number of nitrogens with one attached hydrogen (secondary N) is 2. The minimum absolute atomic E-state index is 0.0872. The van der Waals surface area contributed by atoms with Crippen LogP contribution in [0.2, 0.25) is 0 Å². The van der Waals surface area contributed by atoms with E-state index in [0.29, 0.717) is 11.5 Å². The summed E-state index contributed by atoms with van der Waals surface area (Å²) in [5, 5.41) is 13.7. The second-order valence-electron chi connectivity index (χ2n) is 5.44. The number of carbonyl (C=O) groups is 1. The molecule has 7 nitrogen and oxygen atoms in total. The Morgan fingerprint density at radius 3 is 2.84 bits per heavy atom. The Kier molecular flexibility index (Phi) is 3.37. The van der Waals surface area contributed by atoms with Crippen molar-refractivity contribution in [3.63, 3.8) is 0 Å². The van der Waals surface area contributed by atoms with Gasteiger partial charge in [0.1, 0.15) is 12.4 Å². The number of anilines is 1. The van der Waals surface area contributed by atoms with Crippen molar-refractivity contribution in [2.75, 3.05) is 5.32 Å². The van der Waals surface area contributed by atoms with Gasteiger partial charge < -0.3 is 10.6 Å². The lowest BCUT2D eigenvalue weighted by Gasteiger charge is -2.23. The van der Waals surface area contributed by atoms with Gasteiger partial charge in [0.25, 0.3) is 0 Å². The van der Waals surface area contributed by atoms with E-state index in [9.17, 15) is 4.79 Å². The molecule has 2 aromatic heterocycles. The molecule has 0 fully saturated rings. The second-order valence-corrected chi connectivity index (χ2v) is 5.44. The lowest BCUT2D eigenvalue weighted by atomic mass is 10.1. The van der Waals surface area contributed by atoms with Gasteiger partial charge in [-0.1, -0.05) is 0 Å². The molecule has 2 heterocycles. The minimum Gasteiger partial charge on any atom is -0.355 e. The van der Waals surface area contributed by atoms with E-state index < -0.39 is 6.04 Å². The molecule has 0 spiro atoms. The highest BCUT2D eigenvalue weighted by Crippen LogP contribution is 2.11. The molecule has 7 heteroatoms. The Morgan fingerprint density at radius 2 is 2.16 bits per heavy atom. The van der Waals surface area contributed by atoms with Gasteiger partial charge in [-0.15, -0.1) is 10.2 Å². The average molecular weight is 262 g/mol. The monoisotopic (exact) mass is 262 g/mol. The molecule has 0 bridgehead atoms. The van der Waals surface area contributed by atoms with Crippen LogP contribution in [0.4, 0.5) is 5.82 Å². The molecule has 0 saturated heterocycles. The number of nitrogens with zero attached hydrogens (tertiary/aromatic N) is 4. The number of amides is 1. The zero-order valence-corrected chi connectivity index (χ0v) is 11.5. The Morgan fingerprint density at radius 1 is 1.42 bits per heavy atom. The highest BCUT2D eigenvalue weighted by atomic mass is 16.2. The molecule has 2 N–H and O–H groups in total. The van der Waals surface area contributed by atoms with Crippen LogP contribution in [0, 0.1) is 0 Å². The number of fused-ring (bicyclic) bond motifs is 1. The van der Waals surface area contributed by atoms with Gasteiger partial charge in [0.2, 0.25) is 11.6 Å². The van der Waals surface area contributed by atoms with E-state index in [1.54, 1.807) is 30.0 Å². The molecular weight excluding hydrogens is 244 g/mol. The minimum atomic E-state index is -0.408. The van der Waals surface area contributed by atoms with Crippen molar-refractivity contribution in [2.24, 2.45) is 0 Å². The predicted molar refractivity (Wildman–Crippen MR) is 71.8 cm³/mol. The maximum absolute atomic E-state index is 12.0. The van der Waals surface area contributed by atoms with Crippen LogP contribution in [0.5, 0.6) is 0 Å². The molecule has 0 aliphatic rings. The maximum Gasteiger partial charge on any atom is 0.242 e. The van der Waals surface area contributed by atoms with Gasteiger partial charge in [0.05, 0.1) is 0 Å². The molecule has 19 heavy (non-hydrogen) atoms. The highest BCUT2D eigenvalue weighted by molar-refractivity contribution is 5.85. The van der Waals surface area contributed by atoms with E-state index >= 15 is 0 Å². The standard InChI is InChI=1S/C12H18N6O/c1-8(11(19)16-12(2,3)4)15-9-10-17-14-7-18(10)6-5-13-9/h5-8H,1-4H3,(H,13,15)(H,16,19). The Labute approximate surface area is 111 Å². The van der Waals surface area contributed by atoms with Gasteiger partial charge in [-0.25, -0.2) is 4.98 Å². The van der Waals surface area contributed by atoms with E-state index in [2.05, 4.69) is 25.8 Å².